The fourth-order valence-corrected chi connectivity index (χ4v) is 5.08. The molecular weight excluding hydrogens is 446 g/mol. The van der Waals surface area contributed by atoms with Crippen LogP contribution < -0.4 is 14.8 Å². The summed E-state index contributed by atoms with van der Waals surface area (Å²) in [6, 6.07) is 15.4. The summed E-state index contributed by atoms with van der Waals surface area (Å²) in [5.41, 5.74) is 2.30. The Bertz CT molecular complexity index is 1030. The van der Waals surface area contributed by atoms with Gasteiger partial charge in [-0.1, -0.05) is 31.5 Å². The Hall–Kier alpha value is -2.80. The molecule has 1 aliphatic heterocycles. The zero-order valence-corrected chi connectivity index (χ0v) is 20.8. The smallest absolute Gasteiger partial charge is 0.234 e. The highest BCUT2D eigenvalue weighted by molar-refractivity contribution is 8.16. The molecule has 180 valence electrons. The van der Waals surface area contributed by atoms with Crippen molar-refractivity contribution in [1.82, 2.24) is 0 Å². The maximum absolute atomic E-state index is 12.6. The van der Waals surface area contributed by atoms with E-state index in [1.807, 2.05) is 36.4 Å². The van der Waals surface area contributed by atoms with Crippen molar-refractivity contribution in [3.63, 3.8) is 0 Å². The lowest BCUT2D eigenvalue weighted by atomic mass is 9.90. The van der Waals surface area contributed by atoms with Gasteiger partial charge in [0.25, 0.3) is 0 Å². The SMILES string of the molecule is CCCCOc1ccc(C2=NC3(CCCCC3)N=C2SCC(=O)Nc2ccc(OC)cc2)cc1. The fraction of sp³-hybridized carbons (Fsp3) is 0.444. The largest absolute Gasteiger partial charge is 0.497 e. The van der Waals surface area contributed by atoms with Gasteiger partial charge in [0.05, 0.1) is 25.2 Å². The number of nitrogens with one attached hydrogen (secondary N) is 1. The number of hydrogen-bond donors (Lipinski definition) is 1. The molecule has 1 fully saturated rings. The number of carbonyl (C=O) groups is 1. The summed E-state index contributed by atoms with van der Waals surface area (Å²) in [7, 11) is 1.62. The Kier molecular flexibility index (Phi) is 8.27. The van der Waals surface area contributed by atoms with E-state index in [1.165, 1.54) is 18.2 Å². The molecule has 1 N–H and O–H groups in total. The van der Waals surface area contributed by atoms with Crippen LogP contribution in [-0.4, -0.2) is 41.8 Å². The Morgan fingerprint density at radius 1 is 1.00 bits per heavy atom. The number of ether oxygens (including phenoxy) is 2. The highest BCUT2D eigenvalue weighted by Gasteiger charge is 2.37. The number of hydrogen-bond acceptors (Lipinski definition) is 6. The standard InChI is InChI=1S/C27H33N3O3S/c1-3-4-18-33-23-12-8-20(9-13-23)25-26(30-27(29-25)16-6-5-7-17-27)34-19-24(31)28-21-10-14-22(32-2)15-11-21/h8-15H,3-7,16-19H2,1-2H3,(H,28,31). The van der Waals surface area contributed by atoms with Crippen molar-refractivity contribution in [3.05, 3.63) is 54.1 Å². The van der Waals surface area contributed by atoms with Gasteiger partial charge in [0.2, 0.25) is 5.91 Å². The Balaban J connectivity index is 1.44. The lowest BCUT2D eigenvalue weighted by molar-refractivity contribution is -0.113. The molecule has 1 aliphatic carbocycles. The lowest BCUT2D eigenvalue weighted by Crippen LogP contribution is -2.25. The number of rotatable bonds is 9. The fourth-order valence-electron chi connectivity index (χ4n) is 4.20. The Morgan fingerprint density at radius 3 is 2.38 bits per heavy atom. The second kappa shape index (κ2) is 11.6. The van der Waals surface area contributed by atoms with Crippen LogP contribution in [0.25, 0.3) is 0 Å². The number of methoxy groups -OCH3 is 1. The van der Waals surface area contributed by atoms with Crippen molar-refractivity contribution in [2.45, 2.75) is 57.5 Å². The molecule has 0 radical (unpaired) electrons. The zero-order chi connectivity index (χ0) is 23.8. The van der Waals surface area contributed by atoms with Crippen molar-refractivity contribution >= 4 is 34.1 Å². The van der Waals surface area contributed by atoms with Gasteiger partial charge in [-0.25, -0.2) is 4.99 Å². The van der Waals surface area contributed by atoms with Crippen LogP contribution >= 0.6 is 11.8 Å². The summed E-state index contributed by atoms with van der Waals surface area (Å²) in [5, 5.41) is 3.80. The van der Waals surface area contributed by atoms with Gasteiger partial charge < -0.3 is 14.8 Å². The molecule has 2 aliphatic rings. The van der Waals surface area contributed by atoms with Gasteiger partial charge in [-0.15, -0.1) is 0 Å². The predicted molar refractivity (Wildman–Crippen MR) is 141 cm³/mol. The molecule has 2 aromatic rings. The van der Waals surface area contributed by atoms with Gasteiger partial charge in [-0.3, -0.25) is 9.79 Å². The lowest BCUT2D eigenvalue weighted by Gasteiger charge is -2.27. The quantitative estimate of drug-likeness (QED) is 0.441. The summed E-state index contributed by atoms with van der Waals surface area (Å²) in [4.78, 5) is 22.8. The number of carbonyl (C=O) groups excluding carboxylic acids is 1. The molecule has 6 nitrogen and oxygen atoms in total. The molecular formula is C27H33N3O3S. The first kappa shape index (κ1) is 24.3. The van der Waals surface area contributed by atoms with Crippen LogP contribution in [0, 0.1) is 0 Å². The van der Waals surface area contributed by atoms with Gasteiger partial charge in [0, 0.05) is 11.3 Å². The minimum atomic E-state index is -0.362. The number of benzene rings is 2. The van der Waals surface area contributed by atoms with Crippen LogP contribution in [0.15, 0.2) is 58.5 Å². The number of unbranched alkanes of at least 4 members (excludes halogenated alkanes) is 1. The Morgan fingerprint density at radius 2 is 1.71 bits per heavy atom. The van der Waals surface area contributed by atoms with Crippen LogP contribution in [0.4, 0.5) is 5.69 Å². The van der Waals surface area contributed by atoms with E-state index in [0.29, 0.717) is 0 Å². The third-order valence-corrected chi connectivity index (χ3v) is 7.06. The maximum Gasteiger partial charge on any atom is 0.234 e. The van der Waals surface area contributed by atoms with Crippen molar-refractivity contribution in [1.29, 1.82) is 0 Å². The molecule has 34 heavy (non-hydrogen) atoms. The van der Waals surface area contributed by atoms with Crippen LogP contribution in [0.2, 0.25) is 0 Å². The van der Waals surface area contributed by atoms with E-state index < -0.39 is 0 Å². The minimum absolute atomic E-state index is 0.0681. The molecule has 1 heterocycles. The number of aliphatic imine (C=N–C) groups is 2. The maximum atomic E-state index is 12.6. The van der Waals surface area contributed by atoms with Crippen molar-refractivity contribution in [2.24, 2.45) is 9.98 Å². The van der Waals surface area contributed by atoms with Crippen LogP contribution in [0.5, 0.6) is 11.5 Å². The van der Waals surface area contributed by atoms with Crippen LogP contribution in [0.3, 0.4) is 0 Å². The second-order valence-electron chi connectivity index (χ2n) is 8.71. The molecule has 2 aromatic carbocycles. The second-order valence-corrected chi connectivity index (χ2v) is 9.68. The normalized spacial score (nSPS) is 16.6. The highest BCUT2D eigenvalue weighted by Crippen LogP contribution is 2.39. The van der Waals surface area contributed by atoms with E-state index >= 15 is 0 Å². The van der Waals surface area contributed by atoms with Gasteiger partial charge in [0.1, 0.15) is 16.5 Å². The van der Waals surface area contributed by atoms with E-state index in [0.717, 1.165) is 78.6 Å². The van der Waals surface area contributed by atoms with E-state index in [-0.39, 0.29) is 17.3 Å². The van der Waals surface area contributed by atoms with Gasteiger partial charge >= 0.3 is 0 Å². The van der Waals surface area contributed by atoms with Crippen LogP contribution in [-0.2, 0) is 4.79 Å². The van der Waals surface area contributed by atoms with Crippen molar-refractivity contribution in [3.8, 4) is 11.5 Å². The van der Waals surface area contributed by atoms with Crippen molar-refractivity contribution < 1.29 is 14.3 Å². The summed E-state index contributed by atoms with van der Waals surface area (Å²) in [6.45, 7) is 2.88. The van der Waals surface area contributed by atoms with Gasteiger partial charge in [-0.05, 0) is 80.6 Å². The molecule has 1 amide bonds. The average molecular weight is 480 g/mol. The van der Waals surface area contributed by atoms with Gasteiger partial charge in [0.15, 0.2) is 5.66 Å². The van der Waals surface area contributed by atoms with Gasteiger partial charge in [-0.2, -0.15) is 0 Å². The van der Waals surface area contributed by atoms with E-state index in [9.17, 15) is 4.79 Å². The highest BCUT2D eigenvalue weighted by atomic mass is 32.2. The van der Waals surface area contributed by atoms with E-state index in [4.69, 9.17) is 19.5 Å². The average Bonchev–Trinajstić information content (AvgIpc) is 3.21. The van der Waals surface area contributed by atoms with E-state index in [2.05, 4.69) is 24.4 Å². The predicted octanol–water partition coefficient (Wildman–Crippen LogP) is 6.11. The zero-order valence-electron chi connectivity index (χ0n) is 20.0. The number of thioether (sulfide) groups is 1. The topological polar surface area (TPSA) is 72.3 Å². The first-order valence-corrected chi connectivity index (χ1v) is 13.1. The van der Waals surface area contributed by atoms with Crippen LogP contribution in [0.1, 0.15) is 57.4 Å². The summed E-state index contributed by atoms with van der Waals surface area (Å²) >= 11 is 1.46. The third kappa shape index (κ3) is 6.20. The molecule has 1 spiro atoms. The molecule has 0 atom stereocenters. The summed E-state index contributed by atoms with van der Waals surface area (Å²) in [6.07, 6.45) is 7.61. The molecule has 0 aromatic heterocycles. The first-order valence-electron chi connectivity index (χ1n) is 12.1. The first-order chi connectivity index (χ1) is 16.6. The third-order valence-electron chi connectivity index (χ3n) is 6.09. The molecule has 0 bridgehead atoms. The minimum Gasteiger partial charge on any atom is -0.497 e. The van der Waals surface area contributed by atoms with Crippen molar-refractivity contribution in [2.75, 3.05) is 24.8 Å². The molecule has 0 saturated heterocycles. The molecule has 4 rings (SSSR count). The number of anilines is 1. The number of amides is 1. The number of nitrogens with zero attached hydrogens (tertiary/aromatic N) is 2. The van der Waals surface area contributed by atoms with E-state index in [1.54, 1.807) is 7.11 Å². The molecule has 7 heteroatoms. The molecule has 0 unspecified atom stereocenters. The molecule has 1 saturated carbocycles. The Labute approximate surface area is 206 Å². The summed E-state index contributed by atoms with van der Waals surface area (Å²) < 4.78 is 11.0. The monoisotopic (exact) mass is 479 g/mol. The summed E-state index contributed by atoms with van der Waals surface area (Å²) in [5.74, 6) is 1.83.